The van der Waals surface area contributed by atoms with Crippen molar-refractivity contribution >= 4 is 41.3 Å². The van der Waals surface area contributed by atoms with Crippen LogP contribution in [0.4, 0.5) is 0 Å². The summed E-state index contributed by atoms with van der Waals surface area (Å²) < 4.78 is 5.51. The second-order valence-electron chi connectivity index (χ2n) is 6.36. The van der Waals surface area contributed by atoms with E-state index in [9.17, 15) is 14.4 Å². The predicted octanol–water partition coefficient (Wildman–Crippen LogP) is 2.06. The molecule has 1 aromatic carbocycles. The van der Waals surface area contributed by atoms with Gasteiger partial charge in [-0.3, -0.25) is 9.59 Å². The lowest BCUT2D eigenvalue weighted by molar-refractivity contribution is -0.137. The Morgan fingerprint density at radius 3 is 2.42 bits per heavy atom. The van der Waals surface area contributed by atoms with Crippen molar-refractivity contribution in [1.29, 1.82) is 0 Å². The van der Waals surface area contributed by atoms with Gasteiger partial charge in [0.25, 0.3) is 5.91 Å². The van der Waals surface area contributed by atoms with Crippen LogP contribution in [0.2, 0.25) is 0 Å². The van der Waals surface area contributed by atoms with Crippen LogP contribution < -0.4 is 5.32 Å². The van der Waals surface area contributed by atoms with Gasteiger partial charge in [-0.2, -0.15) is 0 Å². The number of benzene rings is 1. The third-order valence-electron chi connectivity index (χ3n) is 4.12. The molecule has 8 heteroatoms. The number of nitrogens with zero attached hydrogens (tertiary/aromatic N) is 1. The quantitative estimate of drug-likeness (QED) is 0.714. The van der Waals surface area contributed by atoms with Crippen LogP contribution in [0, 0.1) is 0 Å². The number of thioether (sulfide) groups is 2. The van der Waals surface area contributed by atoms with E-state index in [1.54, 1.807) is 12.1 Å². The number of hydrogen-bond donors (Lipinski definition) is 1. The average Bonchev–Trinajstić information content (AvgIpc) is 3.27. The number of carbonyl (C=O) groups is 3. The van der Waals surface area contributed by atoms with E-state index in [1.165, 1.54) is 17.5 Å². The molecule has 26 heavy (non-hydrogen) atoms. The van der Waals surface area contributed by atoms with Gasteiger partial charge in [0, 0.05) is 24.6 Å². The van der Waals surface area contributed by atoms with Crippen molar-refractivity contribution < 1.29 is 19.1 Å². The standard InChI is InChI=1S/C18H22N2O4S2/c1-20(10-15(21)19-14-6-7-14)16(22)11-24-17(23)12-2-4-13(5-3-12)18-25-8-9-26-18/h2-5,14,18H,6-11H2,1H3,(H,19,21). The average molecular weight is 395 g/mol. The smallest absolute Gasteiger partial charge is 0.338 e. The number of carbonyl (C=O) groups excluding carboxylic acids is 3. The summed E-state index contributed by atoms with van der Waals surface area (Å²) in [6, 6.07) is 7.58. The van der Waals surface area contributed by atoms with Gasteiger partial charge in [-0.15, -0.1) is 23.5 Å². The van der Waals surface area contributed by atoms with Crippen LogP contribution >= 0.6 is 23.5 Å². The highest BCUT2D eigenvalue weighted by Crippen LogP contribution is 2.45. The molecule has 0 spiro atoms. The van der Waals surface area contributed by atoms with Crippen molar-refractivity contribution in [2.75, 3.05) is 31.7 Å². The van der Waals surface area contributed by atoms with Gasteiger partial charge in [0.1, 0.15) is 0 Å². The fraction of sp³-hybridized carbons (Fsp3) is 0.500. The summed E-state index contributed by atoms with van der Waals surface area (Å²) in [4.78, 5) is 37.1. The van der Waals surface area contributed by atoms with Crippen LogP contribution in [0.5, 0.6) is 0 Å². The summed E-state index contributed by atoms with van der Waals surface area (Å²) in [6.45, 7) is -0.402. The molecule has 1 aromatic rings. The molecule has 1 aliphatic carbocycles. The molecule has 0 aromatic heterocycles. The maximum absolute atomic E-state index is 12.1. The molecule has 6 nitrogen and oxygen atoms in total. The molecule has 1 heterocycles. The first-order valence-electron chi connectivity index (χ1n) is 8.56. The summed E-state index contributed by atoms with van der Waals surface area (Å²) in [5.41, 5.74) is 1.61. The number of esters is 1. The number of likely N-dealkylation sites (N-methyl/N-ethyl adjacent to an activating group) is 1. The summed E-state index contributed by atoms with van der Waals surface area (Å²) in [7, 11) is 1.52. The Morgan fingerprint density at radius 1 is 1.15 bits per heavy atom. The monoisotopic (exact) mass is 394 g/mol. The summed E-state index contributed by atoms with van der Waals surface area (Å²) in [5, 5.41) is 2.81. The fourth-order valence-electron chi connectivity index (χ4n) is 2.45. The van der Waals surface area contributed by atoms with Gasteiger partial charge in [-0.25, -0.2) is 4.79 Å². The van der Waals surface area contributed by atoms with Crippen molar-refractivity contribution in [2.24, 2.45) is 0 Å². The Labute approximate surface area is 161 Å². The maximum atomic E-state index is 12.1. The number of rotatable bonds is 7. The van der Waals surface area contributed by atoms with E-state index >= 15 is 0 Å². The molecule has 0 atom stereocenters. The summed E-state index contributed by atoms with van der Waals surface area (Å²) in [5.74, 6) is 1.17. The molecule has 0 bridgehead atoms. The molecule has 140 valence electrons. The molecule has 2 amide bonds. The van der Waals surface area contributed by atoms with E-state index in [1.807, 2.05) is 35.7 Å². The molecule has 1 N–H and O–H groups in total. The normalized spacial score (nSPS) is 17.0. The number of ether oxygens (including phenoxy) is 1. The van der Waals surface area contributed by atoms with Crippen LogP contribution in [-0.2, 0) is 14.3 Å². The van der Waals surface area contributed by atoms with Crippen LogP contribution in [0.15, 0.2) is 24.3 Å². The molecule has 0 radical (unpaired) electrons. The number of nitrogens with one attached hydrogen (secondary N) is 1. The van der Waals surface area contributed by atoms with Crippen molar-refractivity contribution in [2.45, 2.75) is 23.5 Å². The molecule has 2 aliphatic rings. The van der Waals surface area contributed by atoms with E-state index in [0.29, 0.717) is 10.1 Å². The van der Waals surface area contributed by atoms with E-state index in [4.69, 9.17) is 4.74 Å². The van der Waals surface area contributed by atoms with Gasteiger partial charge in [0.2, 0.25) is 5.91 Å². The van der Waals surface area contributed by atoms with E-state index in [-0.39, 0.29) is 25.1 Å². The Hall–Kier alpha value is -1.67. The molecule has 3 rings (SSSR count). The van der Waals surface area contributed by atoms with E-state index < -0.39 is 11.9 Å². The van der Waals surface area contributed by atoms with E-state index in [2.05, 4.69) is 5.32 Å². The lowest BCUT2D eigenvalue weighted by Crippen LogP contribution is -2.40. The minimum Gasteiger partial charge on any atom is -0.452 e. The first-order chi connectivity index (χ1) is 12.5. The molecular formula is C18H22N2O4S2. The number of hydrogen-bond acceptors (Lipinski definition) is 6. The lowest BCUT2D eigenvalue weighted by Gasteiger charge is -2.16. The van der Waals surface area contributed by atoms with Crippen LogP contribution in [0.3, 0.4) is 0 Å². The largest absolute Gasteiger partial charge is 0.452 e. The van der Waals surface area contributed by atoms with Crippen molar-refractivity contribution in [1.82, 2.24) is 10.2 Å². The van der Waals surface area contributed by atoms with E-state index in [0.717, 1.165) is 24.3 Å². The number of amides is 2. The predicted molar refractivity (Wildman–Crippen MR) is 103 cm³/mol. The van der Waals surface area contributed by atoms with Crippen molar-refractivity contribution in [3.8, 4) is 0 Å². The van der Waals surface area contributed by atoms with Crippen molar-refractivity contribution in [3.63, 3.8) is 0 Å². The fourth-order valence-corrected chi connectivity index (χ4v) is 5.31. The third-order valence-corrected chi connectivity index (χ3v) is 7.22. The summed E-state index contributed by atoms with van der Waals surface area (Å²) in [6.07, 6.45) is 2.00. The first-order valence-corrected chi connectivity index (χ1v) is 10.7. The van der Waals surface area contributed by atoms with Crippen LogP contribution in [0.25, 0.3) is 0 Å². The van der Waals surface area contributed by atoms with Gasteiger partial charge < -0.3 is 15.0 Å². The van der Waals surface area contributed by atoms with Crippen molar-refractivity contribution in [3.05, 3.63) is 35.4 Å². The topological polar surface area (TPSA) is 75.7 Å². The molecule has 0 unspecified atom stereocenters. The zero-order chi connectivity index (χ0) is 18.5. The second kappa shape index (κ2) is 8.81. The maximum Gasteiger partial charge on any atom is 0.338 e. The highest BCUT2D eigenvalue weighted by atomic mass is 32.2. The van der Waals surface area contributed by atoms with Gasteiger partial charge in [0.05, 0.1) is 16.7 Å². The minimum atomic E-state index is -0.535. The minimum absolute atomic E-state index is 0.0295. The molecule has 1 saturated carbocycles. The Balaban J connectivity index is 1.43. The highest BCUT2D eigenvalue weighted by molar-refractivity contribution is 8.19. The lowest BCUT2D eigenvalue weighted by atomic mass is 10.1. The molecular weight excluding hydrogens is 372 g/mol. The van der Waals surface area contributed by atoms with Gasteiger partial charge in [0.15, 0.2) is 6.61 Å². The SMILES string of the molecule is CN(CC(=O)NC1CC1)C(=O)COC(=O)c1ccc(C2SCCS2)cc1. The van der Waals surface area contributed by atoms with Gasteiger partial charge >= 0.3 is 5.97 Å². The molecule has 1 saturated heterocycles. The summed E-state index contributed by atoms with van der Waals surface area (Å²) >= 11 is 3.81. The first kappa shape index (κ1) is 19.1. The van der Waals surface area contributed by atoms with Gasteiger partial charge in [-0.1, -0.05) is 12.1 Å². The van der Waals surface area contributed by atoms with Gasteiger partial charge in [-0.05, 0) is 30.5 Å². The molecule has 2 fully saturated rings. The Kier molecular flexibility index (Phi) is 6.48. The third kappa shape index (κ3) is 5.41. The van der Waals surface area contributed by atoms with Crippen LogP contribution in [-0.4, -0.2) is 60.4 Å². The zero-order valence-electron chi connectivity index (χ0n) is 14.6. The Bertz CT molecular complexity index is 670. The zero-order valence-corrected chi connectivity index (χ0v) is 16.2. The highest BCUT2D eigenvalue weighted by Gasteiger charge is 2.24. The Morgan fingerprint density at radius 2 is 1.81 bits per heavy atom. The second-order valence-corrected chi connectivity index (χ2v) is 9.09. The van der Waals surface area contributed by atoms with Crippen LogP contribution in [0.1, 0.15) is 33.3 Å². The molecule has 1 aliphatic heterocycles.